The van der Waals surface area contributed by atoms with Crippen molar-refractivity contribution in [2.24, 2.45) is 0 Å². The molecular formula is C27H30N2O3. The SMILES string of the molecule is CN1CCC(Oc2ccc(CNC(=O)c3cccc(OCc4ccccc4)c3)cc2)CC1. The van der Waals surface area contributed by atoms with Gasteiger partial charge in [-0.05, 0) is 61.3 Å². The summed E-state index contributed by atoms with van der Waals surface area (Å²) >= 11 is 0. The minimum atomic E-state index is -0.123. The number of piperidine rings is 1. The first-order chi connectivity index (χ1) is 15.7. The van der Waals surface area contributed by atoms with Crippen LogP contribution in [0, 0.1) is 0 Å². The van der Waals surface area contributed by atoms with E-state index in [1.807, 2.05) is 66.7 Å². The van der Waals surface area contributed by atoms with Crippen LogP contribution in [0.2, 0.25) is 0 Å². The minimum absolute atomic E-state index is 0.123. The van der Waals surface area contributed by atoms with Gasteiger partial charge in [-0.15, -0.1) is 0 Å². The Morgan fingerprint density at radius 2 is 1.66 bits per heavy atom. The zero-order valence-corrected chi connectivity index (χ0v) is 18.5. The van der Waals surface area contributed by atoms with Crippen molar-refractivity contribution in [3.8, 4) is 11.5 Å². The fourth-order valence-corrected chi connectivity index (χ4v) is 3.73. The molecule has 1 aliphatic heterocycles. The standard InChI is InChI=1S/C27H30N2O3/c1-29-16-14-25(15-17-29)32-24-12-10-21(11-13-24)19-28-27(30)23-8-5-9-26(18-23)31-20-22-6-3-2-4-7-22/h2-13,18,25H,14-17,19-20H2,1H3,(H,28,30). The van der Waals surface area contributed by atoms with Gasteiger partial charge in [-0.25, -0.2) is 0 Å². The van der Waals surface area contributed by atoms with Crippen LogP contribution < -0.4 is 14.8 Å². The Kier molecular flexibility index (Phi) is 7.41. The first kappa shape index (κ1) is 21.9. The van der Waals surface area contributed by atoms with E-state index < -0.39 is 0 Å². The van der Waals surface area contributed by atoms with Crippen molar-refractivity contribution in [2.45, 2.75) is 32.1 Å². The molecule has 1 fully saturated rings. The molecule has 0 spiro atoms. The topological polar surface area (TPSA) is 50.8 Å². The summed E-state index contributed by atoms with van der Waals surface area (Å²) in [5, 5.41) is 2.98. The van der Waals surface area contributed by atoms with E-state index in [2.05, 4.69) is 17.3 Å². The maximum atomic E-state index is 12.6. The molecule has 0 aromatic heterocycles. The quantitative estimate of drug-likeness (QED) is 0.564. The number of nitrogens with zero attached hydrogens (tertiary/aromatic N) is 1. The molecule has 5 nitrogen and oxygen atoms in total. The van der Waals surface area contributed by atoms with Gasteiger partial charge in [0.05, 0.1) is 0 Å². The van der Waals surface area contributed by atoms with Gasteiger partial charge in [-0.1, -0.05) is 48.5 Å². The first-order valence-electron chi connectivity index (χ1n) is 11.1. The zero-order valence-electron chi connectivity index (χ0n) is 18.5. The van der Waals surface area contributed by atoms with Crippen LogP contribution >= 0.6 is 0 Å². The molecule has 1 amide bonds. The van der Waals surface area contributed by atoms with Crippen LogP contribution in [0.4, 0.5) is 0 Å². The molecule has 1 saturated heterocycles. The molecule has 0 aliphatic carbocycles. The molecule has 1 heterocycles. The number of ether oxygens (including phenoxy) is 2. The summed E-state index contributed by atoms with van der Waals surface area (Å²) < 4.78 is 11.9. The number of nitrogens with one attached hydrogen (secondary N) is 1. The molecule has 3 aromatic rings. The van der Waals surface area contributed by atoms with Gasteiger partial charge in [0.25, 0.3) is 5.91 Å². The van der Waals surface area contributed by atoms with E-state index in [0.29, 0.717) is 24.5 Å². The Morgan fingerprint density at radius 1 is 0.906 bits per heavy atom. The van der Waals surface area contributed by atoms with E-state index in [0.717, 1.165) is 42.8 Å². The lowest BCUT2D eigenvalue weighted by Crippen LogP contribution is -2.35. The van der Waals surface area contributed by atoms with Gasteiger partial charge in [0.1, 0.15) is 24.2 Å². The van der Waals surface area contributed by atoms with E-state index in [-0.39, 0.29) is 12.0 Å². The van der Waals surface area contributed by atoms with E-state index in [1.165, 1.54) is 0 Å². The predicted octanol–water partition coefficient (Wildman–Crippen LogP) is 4.67. The highest BCUT2D eigenvalue weighted by atomic mass is 16.5. The smallest absolute Gasteiger partial charge is 0.251 e. The van der Waals surface area contributed by atoms with Gasteiger partial charge < -0.3 is 19.7 Å². The molecular weight excluding hydrogens is 400 g/mol. The van der Waals surface area contributed by atoms with Crippen molar-refractivity contribution in [3.05, 3.63) is 95.6 Å². The van der Waals surface area contributed by atoms with Crippen LogP contribution in [0.5, 0.6) is 11.5 Å². The summed E-state index contributed by atoms with van der Waals surface area (Å²) in [6.45, 7) is 3.08. The zero-order chi connectivity index (χ0) is 22.2. The average molecular weight is 431 g/mol. The van der Waals surface area contributed by atoms with Crippen molar-refractivity contribution < 1.29 is 14.3 Å². The summed E-state index contributed by atoms with van der Waals surface area (Å²) in [6, 6.07) is 25.2. The van der Waals surface area contributed by atoms with Crippen molar-refractivity contribution >= 4 is 5.91 Å². The monoisotopic (exact) mass is 430 g/mol. The summed E-state index contributed by atoms with van der Waals surface area (Å²) in [7, 11) is 2.15. The number of hydrogen-bond donors (Lipinski definition) is 1. The number of benzene rings is 3. The van der Waals surface area contributed by atoms with Gasteiger partial charge in [0.15, 0.2) is 0 Å². The summed E-state index contributed by atoms with van der Waals surface area (Å²) in [4.78, 5) is 14.9. The number of likely N-dealkylation sites (tertiary alicyclic amines) is 1. The van der Waals surface area contributed by atoms with Crippen LogP contribution in [0.15, 0.2) is 78.9 Å². The second-order valence-corrected chi connectivity index (χ2v) is 8.25. The van der Waals surface area contributed by atoms with Crippen molar-refractivity contribution in [2.75, 3.05) is 20.1 Å². The Hall–Kier alpha value is -3.31. The van der Waals surface area contributed by atoms with Crippen LogP contribution in [0.3, 0.4) is 0 Å². The van der Waals surface area contributed by atoms with Crippen molar-refractivity contribution in [3.63, 3.8) is 0 Å². The van der Waals surface area contributed by atoms with E-state index in [9.17, 15) is 4.79 Å². The number of carbonyl (C=O) groups excluding carboxylic acids is 1. The lowest BCUT2D eigenvalue weighted by Gasteiger charge is -2.29. The van der Waals surface area contributed by atoms with Gasteiger partial charge in [0.2, 0.25) is 0 Å². The maximum absolute atomic E-state index is 12.6. The van der Waals surface area contributed by atoms with Gasteiger partial charge in [-0.2, -0.15) is 0 Å². The number of hydrogen-bond acceptors (Lipinski definition) is 4. The lowest BCUT2D eigenvalue weighted by molar-refractivity contribution is 0.0950. The Morgan fingerprint density at radius 3 is 2.41 bits per heavy atom. The van der Waals surface area contributed by atoms with Crippen molar-refractivity contribution in [1.29, 1.82) is 0 Å². The molecule has 0 radical (unpaired) electrons. The molecule has 32 heavy (non-hydrogen) atoms. The second-order valence-electron chi connectivity index (χ2n) is 8.25. The molecule has 4 rings (SSSR count). The normalized spacial score (nSPS) is 14.7. The number of carbonyl (C=O) groups is 1. The highest BCUT2D eigenvalue weighted by molar-refractivity contribution is 5.94. The summed E-state index contributed by atoms with van der Waals surface area (Å²) in [5.74, 6) is 1.44. The Balaban J connectivity index is 1.26. The van der Waals surface area contributed by atoms with Crippen molar-refractivity contribution in [1.82, 2.24) is 10.2 Å². The third kappa shape index (κ3) is 6.34. The van der Waals surface area contributed by atoms with Crippen LogP contribution in [-0.2, 0) is 13.2 Å². The highest BCUT2D eigenvalue weighted by Gasteiger charge is 2.17. The minimum Gasteiger partial charge on any atom is -0.490 e. The van der Waals surface area contributed by atoms with E-state index in [4.69, 9.17) is 9.47 Å². The molecule has 166 valence electrons. The summed E-state index contributed by atoms with van der Waals surface area (Å²) in [5.41, 5.74) is 2.70. The van der Waals surface area contributed by atoms with E-state index in [1.54, 1.807) is 12.1 Å². The van der Waals surface area contributed by atoms with E-state index >= 15 is 0 Å². The third-order valence-electron chi connectivity index (χ3n) is 5.69. The lowest BCUT2D eigenvalue weighted by atomic mass is 10.1. The fourth-order valence-electron chi connectivity index (χ4n) is 3.73. The Labute approximate surface area is 190 Å². The largest absolute Gasteiger partial charge is 0.490 e. The molecule has 5 heteroatoms. The van der Waals surface area contributed by atoms with Gasteiger partial charge in [0, 0.05) is 25.2 Å². The average Bonchev–Trinajstić information content (AvgIpc) is 2.84. The third-order valence-corrected chi connectivity index (χ3v) is 5.69. The second kappa shape index (κ2) is 10.8. The summed E-state index contributed by atoms with van der Waals surface area (Å²) in [6.07, 6.45) is 2.40. The first-order valence-corrected chi connectivity index (χ1v) is 11.1. The molecule has 0 unspecified atom stereocenters. The molecule has 3 aromatic carbocycles. The fraction of sp³-hybridized carbons (Fsp3) is 0.296. The van der Waals surface area contributed by atoms with Crippen LogP contribution in [0.1, 0.15) is 34.3 Å². The number of amides is 1. The Bertz CT molecular complexity index is 997. The van der Waals surface area contributed by atoms with Crippen LogP contribution in [0.25, 0.3) is 0 Å². The highest BCUT2D eigenvalue weighted by Crippen LogP contribution is 2.19. The molecule has 0 saturated carbocycles. The molecule has 1 aliphatic rings. The molecule has 0 bridgehead atoms. The molecule has 0 atom stereocenters. The van der Waals surface area contributed by atoms with Gasteiger partial charge >= 0.3 is 0 Å². The van der Waals surface area contributed by atoms with Crippen LogP contribution in [-0.4, -0.2) is 37.0 Å². The maximum Gasteiger partial charge on any atom is 0.251 e. The molecule has 1 N–H and O–H groups in total. The van der Waals surface area contributed by atoms with Gasteiger partial charge in [-0.3, -0.25) is 4.79 Å². The number of rotatable bonds is 8. The predicted molar refractivity (Wildman–Crippen MR) is 126 cm³/mol.